The van der Waals surface area contributed by atoms with Crippen LogP contribution in [0.15, 0.2) is 12.1 Å². The van der Waals surface area contributed by atoms with Crippen molar-refractivity contribution < 1.29 is 8.42 Å². The fraction of sp³-hybridized carbons (Fsp3) is 0.375. The maximum absolute atomic E-state index is 10.4. The van der Waals surface area contributed by atoms with Crippen molar-refractivity contribution in [2.24, 2.45) is 0 Å². The number of pyridine rings is 1. The SMILES string of the molecule is CCc1ccc(C)nc1N[SH](=O)=O.[Na]. The molecule has 0 spiro atoms. The Labute approximate surface area is 108 Å². The standard InChI is InChI=1S/C8H12N2O2S.Na/c1-3-7-5-4-6(2)9-8(7)10-13(11)12;/h4-5,13H,3H2,1-2H3,(H,9,10,11,12);. The Hall–Kier alpha value is -0.100. The van der Waals surface area contributed by atoms with Crippen molar-refractivity contribution in [1.29, 1.82) is 0 Å². The molecule has 0 amide bonds. The summed E-state index contributed by atoms with van der Waals surface area (Å²) in [5, 5.41) is 0. The Morgan fingerprint density at radius 3 is 2.57 bits per heavy atom. The molecular formula is C8H12N2NaO2S. The summed E-state index contributed by atoms with van der Waals surface area (Å²) in [4.78, 5) is 4.09. The largest absolute Gasteiger partial charge is 0.269 e. The van der Waals surface area contributed by atoms with Gasteiger partial charge in [-0.25, -0.2) is 13.4 Å². The van der Waals surface area contributed by atoms with Crippen LogP contribution in [0.5, 0.6) is 0 Å². The van der Waals surface area contributed by atoms with Crippen LogP contribution in [0.1, 0.15) is 18.2 Å². The molecule has 14 heavy (non-hydrogen) atoms. The molecule has 0 aliphatic carbocycles. The number of rotatable bonds is 3. The minimum atomic E-state index is -2.62. The van der Waals surface area contributed by atoms with Crippen LogP contribution in [0.3, 0.4) is 0 Å². The second kappa shape index (κ2) is 6.40. The van der Waals surface area contributed by atoms with E-state index in [2.05, 4.69) is 9.71 Å². The van der Waals surface area contributed by atoms with E-state index in [0.717, 1.165) is 17.7 Å². The van der Waals surface area contributed by atoms with Gasteiger partial charge in [-0.1, -0.05) is 13.0 Å². The molecule has 4 nitrogen and oxygen atoms in total. The molecule has 0 fully saturated rings. The molecular weight excluding hydrogens is 211 g/mol. The van der Waals surface area contributed by atoms with E-state index in [9.17, 15) is 8.42 Å². The summed E-state index contributed by atoms with van der Waals surface area (Å²) in [5.74, 6) is 0.443. The number of nitrogens with one attached hydrogen (secondary N) is 1. The minimum Gasteiger partial charge on any atom is -0.269 e. The Bertz CT molecular complexity index is 372. The second-order valence-corrected chi connectivity index (χ2v) is 3.42. The molecule has 1 aromatic rings. The third-order valence-corrected chi connectivity index (χ3v) is 2.09. The average Bonchev–Trinajstić information content (AvgIpc) is 2.03. The van der Waals surface area contributed by atoms with E-state index >= 15 is 0 Å². The molecule has 1 heterocycles. The molecule has 0 aliphatic rings. The topological polar surface area (TPSA) is 59.1 Å². The van der Waals surface area contributed by atoms with Crippen molar-refractivity contribution in [1.82, 2.24) is 4.98 Å². The van der Waals surface area contributed by atoms with Crippen molar-refractivity contribution in [3.05, 3.63) is 23.4 Å². The van der Waals surface area contributed by atoms with Crippen molar-refractivity contribution in [3.8, 4) is 0 Å². The van der Waals surface area contributed by atoms with Gasteiger partial charge in [0.15, 0.2) is 0 Å². The fourth-order valence-electron chi connectivity index (χ4n) is 1.05. The van der Waals surface area contributed by atoms with Gasteiger partial charge in [0.1, 0.15) is 5.82 Å². The first-order valence-corrected chi connectivity index (χ1v) is 5.18. The van der Waals surface area contributed by atoms with Gasteiger partial charge < -0.3 is 0 Å². The fourth-order valence-corrected chi connectivity index (χ4v) is 1.42. The number of hydrogen-bond acceptors (Lipinski definition) is 3. The summed E-state index contributed by atoms with van der Waals surface area (Å²) in [6.45, 7) is 3.78. The number of hydrogen-bond donors (Lipinski definition) is 2. The van der Waals surface area contributed by atoms with E-state index in [-0.39, 0.29) is 29.6 Å². The quantitative estimate of drug-likeness (QED) is 0.580. The molecule has 6 heteroatoms. The van der Waals surface area contributed by atoms with Gasteiger partial charge in [-0.2, -0.15) is 0 Å². The minimum absolute atomic E-state index is 0. The first-order chi connectivity index (χ1) is 6.13. The van der Waals surface area contributed by atoms with Crippen LogP contribution in [-0.4, -0.2) is 43.0 Å². The van der Waals surface area contributed by atoms with Crippen LogP contribution in [0.2, 0.25) is 0 Å². The van der Waals surface area contributed by atoms with Gasteiger partial charge in [-0.3, -0.25) is 4.72 Å². The molecule has 0 aliphatic heterocycles. The molecule has 1 aromatic heterocycles. The van der Waals surface area contributed by atoms with Gasteiger partial charge in [-0.15, -0.1) is 0 Å². The first kappa shape index (κ1) is 13.9. The van der Waals surface area contributed by atoms with E-state index in [1.165, 1.54) is 0 Å². The number of aryl methyl sites for hydroxylation is 2. The van der Waals surface area contributed by atoms with Crippen LogP contribution in [0, 0.1) is 6.92 Å². The van der Waals surface area contributed by atoms with E-state index < -0.39 is 10.9 Å². The summed E-state index contributed by atoms with van der Waals surface area (Å²) in [6.07, 6.45) is 0.763. The van der Waals surface area contributed by atoms with E-state index in [1.807, 2.05) is 26.0 Å². The molecule has 0 unspecified atom stereocenters. The van der Waals surface area contributed by atoms with Gasteiger partial charge in [0, 0.05) is 35.3 Å². The van der Waals surface area contributed by atoms with Crippen molar-refractivity contribution >= 4 is 46.3 Å². The predicted octanol–water partition coefficient (Wildman–Crippen LogP) is 0.510. The predicted molar refractivity (Wildman–Crippen MR) is 58.0 cm³/mol. The third kappa shape index (κ3) is 3.96. The Kier molecular flexibility index (Phi) is 6.35. The molecule has 1 rings (SSSR count). The Morgan fingerprint density at radius 2 is 2.07 bits per heavy atom. The van der Waals surface area contributed by atoms with E-state index in [4.69, 9.17) is 0 Å². The zero-order valence-electron chi connectivity index (χ0n) is 8.57. The van der Waals surface area contributed by atoms with Gasteiger partial charge in [0.2, 0.25) is 10.9 Å². The number of anilines is 1. The number of aromatic nitrogens is 1. The Balaban J connectivity index is 0.00000169. The molecule has 0 bridgehead atoms. The van der Waals surface area contributed by atoms with Crippen LogP contribution >= 0.6 is 0 Å². The smallest absolute Gasteiger partial charge is 0.223 e. The molecule has 0 saturated carbocycles. The van der Waals surface area contributed by atoms with Crippen molar-refractivity contribution in [3.63, 3.8) is 0 Å². The maximum Gasteiger partial charge on any atom is 0.223 e. The van der Waals surface area contributed by atoms with Crippen LogP contribution in [0.4, 0.5) is 5.82 Å². The van der Waals surface area contributed by atoms with Crippen molar-refractivity contribution in [2.75, 3.05) is 4.72 Å². The van der Waals surface area contributed by atoms with E-state index in [0.29, 0.717) is 5.82 Å². The zero-order chi connectivity index (χ0) is 9.84. The molecule has 0 saturated heterocycles. The number of thiol groups is 1. The summed E-state index contributed by atoms with van der Waals surface area (Å²) < 4.78 is 23.2. The summed E-state index contributed by atoms with van der Waals surface area (Å²) in [5.41, 5.74) is 1.71. The zero-order valence-corrected chi connectivity index (χ0v) is 11.5. The molecule has 0 aromatic carbocycles. The second-order valence-electron chi connectivity index (χ2n) is 2.68. The average molecular weight is 223 g/mol. The van der Waals surface area contributed by atoms with Gasteiger partial charge in [0.25, 0.3) is 0 Å². The first-order valence-electron chi connectivity index (χ1n) is 4.01. The van der Waals surface area contributed by atoms with E-state index in [1.54, 1.807) is 0 Å². The summed E-state index contributed by atoms with van der Waals surface area (Å²) >= 11 is 0. The van der Waals surface area contributed by atoms with Gasteiger partial charge >= 0.3 is 0 Å². The Morgan fingerprint density at radius 1 is 1.43 bits per heavy atom. The van der Waals surface area contributed by atoms with Crippen LogP contribution in [0.25, 0.3) is 0 Å². The normalized spacial score (nSPS) is 9.64. The number of nitrogens with zero attached hydrogens (tertiary/aromatic N) is 1. The van der Waals surface area contributed by atoms with Gasteiger partial charge in [0.05, 0.1) is 0 Å². The monoisotopic (exact) mass is 223 g/mol. The summed E-state index contributed by atoms with van der Waals surface area (Å²) in [7, 11) is -2.62. The third-order valence-electron chi connectivity index (χ3n) is 1.70. The molecule has 0 atom stereocenters. The van der Waals surface area contributed by atoms with Gasteiger partial charge in [-0.05, 0) is 25.0 Å². The van der Waals surface area contributed by atoms with Crippen molar-refractivity contribution in [2.45, 2.75) is 20.3 Å². The molecule has 73 valence electrons. The molecule has 1 radical (unpaired) electrons. The maximum atomic E-state index is 10.4. The van der Waals surface area contributed by atoms with Crippen LogP contribution in [-0.2, 0) is 17.3 Å². The van der Waals surface area contributed by atoms with Crippen LogP contribution < -0.4 is 4.72 Å². The summed E-state index contributed by atoms with van der Waals surface area (Å²) in [6, 6.07) is 3.74. The molecule has 1 N–H and O–H groups in total.